The van der Waals surface area contributed by atoms with Crippen LogP contribution >= 0.6 is 0 Å². The molecule has 0 bridgehead atoms. The fraction of sp³-hybridized carbons (Fsp3) is 0.0400. The first-order chi connectivity index (χ1) is 13.2. The average Bonchev–Trinajstić information content (AvgIpc) is 2.74. The van der Waals surface area contributed by atoms with Crippen LogP contribution in [0.3, 0.4) is 0 Å². The zero-order chi connectivity index (χ0) is 18.6. The highest BCUT2D eigenvalue weighted by atomic mass is 19.1. The summed E-state index contributed by atoms with van der Waals surface area (Å²) in [6, 6.07) is 33.7. The molecule has 0 aliphatic rings. The number of hydrogen-bond acceptors (Lipinski definition) is 1. The maximum atomic E-state index is 13.4. The Hall–Kier alpha value is -3.39. The van der Waals surface area contributed by atoms with Crippen molar-refractivity contribution in [1.82, 2.24) is 0 Å². The Kier molecular flexibility index (Phi) is 4.71. The Morgan fingerprint density at radius 3 is 1.56 bits per heavy atom. The van der Waals surface area contributed by atoms with Gasteiger partial charge in [0.05, 0.1) is 0 Å². The molecule has 0 atom stereocenters. The van der Waals surface area contributed by atoms with Gasteiger partial charge in [-0.3, -0.25) is 0 Å². The topological polar surface area (TPSA) is 3.24 Å². The second kappa shape index (κ2) is 7.46. The molecular formula is C25H20FN. The smallest absolute Gasteiger partial charge is 0.123 e. The van der Waals surface area contributed by atoms with E-state index in [0.29, 0.717) is 0 Å². The fourth-order valence-electron chi connectivity index (χ4n) is 3.20. The van der Waals surface area contributed by atoms with Crippen LogP contribution in [0, 0.1) is 5.82 Å². The molecular weight excluding hydrogens is 333 g/mol. The average molecular weight is 353 g/mol. The number of halogens is 1. The second-order valence-corrected chi connectivity index (χ2v) is 6.53. The Morgan fingerprint density at radius 2 is 1.00 bits per heavy atom. The largest absolute Gasteiger partial charge is 0.345 e. The third kappa shape index (κ3) is 3.75. The number of hydrogen-bond donors (Lipinski definition) is 0. The second-order valence-electron chi connectivity index (χ2n) is 6.53. The van der Waals surface area contributed by atoms with E-state index in [-0.39, 0.29) is 5.82 Å². The minimum atomic E-state index is -0.216. The van der Waals surface area contributed by atoms with E-state index in [0.717, 1.165) is 22.5 Å². The van der Waals surface area contributed by atoms with Gasteiger partial charge in [-0.2, -0.15) is 0 Å². The highest BCUT2D eigenvalue weighted by Crippen LogP contribution is 2.29. The molecule has 0 aromatic heterocycles. The van der Waals surface area contributed by atoms with Crippen LogP contribution in [0.5, 0.6) is 0 Å². The SMILES string of the molecule is CN(c1ccc(-c2ccccc2)cc1)c1ccc(-c2cccc(F)c2)cc1. The van der Waals surface area contributed by atoms with Gasteiger partial charge >= 0.3 is 0 Å². The van der Waals surface area contributed by atoms with E-state index in [4.69, 9.17) is 0 Å². The van der Waals surface area contributed by atoms with Crippen molar-refractivity contribution in [3.05, 3.63) is 109 Å². The molecule has 4 aromatic carbocycles. The van der Waals surface area contributed by atoms with Crippen LogP contribution in [0.4, 0.5) is 15.8 Å². The quantitative estimate of drug-likeness (QED) is 0.384. The van der Waals surface area contributed by atoms with Crippen molar-refractivity contribution in [2.45, 2.75) is 0 Å². The molecule has 0 spiro atoms. The van der Waals surface area contributed by atoms with Crippen LogP contribution in [0.25, 0.3) is 22.3 Å². The third-order valence-corrected chi connectivity index (χ3v) is 4.77. The Bertz CT molecular complexity index is 1020. The summed E-state index contributed by atoms with van der Waals surface area (Å²) in [6.07, 6.45) is 0. The van der Waals surface area contributed by atoms with Gasteiger partial charge in [0.15, 0.2) is 0 Å². The molecule has 0 N–H and O–H groups in total. The summed E-state index contributed by atoms with van der Waals surface area (Å²) in [6.45, 7) is 0. The predicted octanol–water partition coefficient (Wildman–Crippen LogP) is 6.93. The van der Waals surface area contributed by atoms with Crippen LogP contribution in [-0.4, -0.2) is 7.05 Å². The summed E-state index contributed by atoms with van der Waals surface area (Å²) in [7, 11) is 2.05. The molecule has 4 rings (SSSR count). The fourth-order valence-corrected chi connectivity index (χ4v) is 3.20. The minimum Gasteiger partial charge on any atom is -0.345 e. The summed E-state index contributed by atoms with van der Waals surface area (Å²) in [5, 5.41) is 0. The van der Waals surface area contributed by atoms with E-state index in [1.54, 1.807) is 12.1 Å². The molecule has 0 aliphatic carbocycles. The lowest BCUT2D eigenvalue weighted by Gasteiger charge is -2.20. The van der Waals surface area contributed by atoms with E-state index >= 15 is 0 Å². The van der Waals surface area contributed by atoms with E-state index in [9.17, 15) is 4.39 Å². The molecule has 27 heavy (non-hydrogen) atoms. The standard InChI is InChI=1S/C25H20FN/c1-27(24-14-10-20(11-15-24)19-6-3-2-4-7-19)25-16-12-21(13-17-25)22-8-5-9-23(26)18-22/h2-18H,1H3. The molecule has 0 saturated heterocycles. The van der Waals surface area contributed by atoms with Gasteiger partial charge in [-0.25, -0.2) is 4.39 Å². The van der Waals surface area contributed by atoms with Crippen LogP contribution in [0.2, 0.25) is 0 Å². The van der Waals surface area contributed by atoms with Crippen molar-refractivity contribution in [2.24, 2.45) is 0 Å². The van der Waals surface area contributed by atoms with E-state index < -0.39 is 0 Å². The first-order valence-corrected chi connectivity index (χ1v) is 8.96. The maximum absolute atomic E-state index is 13.4. The van der Waals surface area contributed by atoms with Crippen LogP contribution in [-0.2, 0) is 0 Å². The van der Waals surface area contributed by atoms with Gasteiger partial charge in [0.25, 0.3) is 0 Å². The summed E-state index contributed by atoms with van der Waals surface area (Å²) >= 11 is 0. The molecule has 0 heterocycles. The monoisotopic (exact) mass is 353 g/mol. The van der Waals surface area contributed by atoms with E-state index in [2.05, 4.69) is 72.6 Å². The van der Waals surface area contributed by atoms with Gasteiger partial charge in [0, 0.05) is 18.4 Å². The van der Waals surface area contributed by atoms with Crippen LogP contribution in [0.15, 0.2) is 103 Å². The molecule has 0 amide bonds. The highest BCUT2D eigenvalue weighted by molar-refractivity contribution is 5.72. The summed E-state index contributed by atoms with van der Waals surface area (Å²) in [5.74, 6) is -0.216. The lowest BCUT2D eigenvalue weighted by atomic mass is 10.0. The zero-order valence-corrected chi connectivity index (χ0v) is 15.1. The van der Waals surface area contributed by atoms with Gasteiger partial charge in [-0.15, -0.1) is 0 Å². The van der Waals surface area contributed by atoms with E-state index in [1.807, 2.05) is 24.3 Å². The first-order valence-electron chi connectivity index (χ1n) is 8.96. The number of benzene rings is 4. The van der Waals surface area contributed by atoms with Crippen molar-refractivity contribution in [3.63, 3.8) is 0 Å². The highest BCUT2D eigenvalue weighted by Gasteiger charge is 2.06. The Labute approximate surface area is 159 Å². The first kappa shape index (κ1) is 17.0. The van der Waals surface area contributed by atoms with Gasteiger partial charge in [0.1, 0.15) is 5.82 Å². The van der Waals surface area contributed by atoms with Gasteiger partial charge in [-0.05, 0) is 58.7 Å². The van der Waals surface area contributed by atoms with Gasteiger partial charge in [0.2, 0.25) is 0 Å². The van der Waals surface area contributed by atoms with Crippen LogP contribution in [0.1, 0.15) is 0 Å². The van der Waals surface area contributed by atoms with Crippen molar-refractivity contribution in [2.75, 3.05) is 11.9 Å². The lowest BCUT2D eigenvalue weighted by Crippen LogP contribution is -2.08. The molecule has 4 aromatic rings. The van der Waals surface area contributed by atoms with Crippen molar-refractivity contribution >= 4 is 11.4 Å². The van der Waals surface area contributed by atoms with E-state index in [1.165, 1.54) is 17.2 Å². The number of nitrogens with zero attached hydrogens (tertiary/aromatic N) is 1. The van der Waals surface area contributed by atoms with Gasteiger partial charge in [-0.1, -0.05) is 66.7 Å². The summed E-state index contributed by atoms with van der Waals surface area (Å²) < 4.78 is 13.4. The molecule has 0 aliphatic heterocycles. The lowest BCUT2D eigenvalue weighted by molar-refractivity contribution is 0.628. The predicted molar refractivity (Wildman–Crippen MR) is 112 cm³/mol. The zero-order valence-electron chi connectivity index (χ0n) is 15.1. The Balaban J connectivity index is 1.55. The molecule has 132 valence electrons. The molecule has 0 saturated carbocycles. The normalized spacial score (nSPS) is 10.6. The van der Waals surface area contributed by atoms with Crippen LogP contribution < -0.4 is 4.90 Å². The third-order valence-electron chi connectivity index (χ3n) is 4.77. The number of rotatable bonds is 4. The molecule has 0 fully saturated rings. The maximum Gasteiger partial charge on any atom is 0.123 e. The Morgan fingerprint density at radius 1 is 0.519 bits per heavy atom. The molecule has 2 heteroatoms. The van der Waals surface area contributed by atoms with Crippen molar-refractivity contribution < 1.29 is 4.39 Å². The minimum absolute atomic E-state index is 0.216. The van der Waals surface area contributed by atoms with Crippen molar-refractivity contribution in [1.29, 1.82) is 0 Å². The molecule has 0 unspecified atom stereocenters. The number of anilines is 2. The molecule has 0 radical (unpaired) electrons. The van der Waals surface area contributed by atoms with Crippen molar-refractivity contribution in [3.8, 4) is 22.3 Å². The summed E-state index contributed by atoms with van der Waals surface area (Å²) in [4.78, 5) is 2.14. The summed E-state index contributed by atoms with van der Waals surface area (Å²) in [5.41, 5.74) is 6.51. The van der Waals surface area contributed by atoms with Gasteiger partial charge < -0.3 is 4.90 Å². The molecule has 1 nitrogen and oxygen atoms in total.